The Morgan fingerprint density at radius 1 is 1.23 bits per heavy atom. The van der Waals surface area contributed by atoms with Crippen LogP contribution in [0.1, 0.15) is 33.4 Å². The maximum atomic E-state index is 12.4. The number of nitrogens with zero attached hydrogens (tertiary/aromatic N) is 3. The number of carbonyl (C=O) groups is 1. The molecule has 6 heteroatoms. The molecule has 0 fully saturated rings. The van der Waals surface area contributed by atoms with Crippen LogP contribution in [0.2, 0.25) is 0 Å². The largest absolute Gasteiger partial charge is 1.00 e. The molecule has 0 N–H and O–H groups in total. The number of hydrogen-bond donors (Lipinski definition) is 0. The number of pyridine rings is 1. The molecular formula is C16H28BrN3O2. The topological polar surface area (TPSA) is 42.4 Å². The van der Waals surface area contributed by atoms with Gasteiger partial charge in [0.15, 0.2) is 5.75 Å². The summed E-state index contributed by atoms with van der Waals surface area (Å²) in [5.74, 6) is 0.543. The Bertz CT molecular complexity index is 477. The lowest BCUT2D eigenvalue weighted by molar-refractivity contribution is -0.884. The molecule has 0 atom stereocenters. The molecule has 5 nitrogen and oxygen atoms in total. The van der Waals surface area contributed by atoms with Crippen molar-refractivity contribution in [1.82, 2.24) is 9.88 Å². The summed E-state index contributed by atoms with van der Waals surface area (Å²) in [4.78, 5) is 18.5. The standard InChI is InChI=1S/C16H28N3O2.BrH/c1-12(2)18(13(3)4)16(20)21-15-9-8-10-17-14(15)11-19(5,6)7;/h8-10,12-13H,11H2,1-7H3;1H/q+1;/p-1. The lowest BCUT2D eigenvalue weighted by atomic mass is 10.2. The van der Waals surface area contributed by atoms with Crippen LogP contribution in [0.4, 0.5) is 4.79 Å². The van der Waals surface area contributed by atoms with Gasteiger partial charge in [0.1, 0.15) is 12.2 Å². The van der Waals surface area contributed by atoms with E-state index in [2.05, 4.69) is 26.1 Å². The molecular weight excluding hydrogens is 346 g/mol. The number of quaternary nitrogens is 1. The predicted octanol–water partition coefficient (Wildman–Crippen LogP) is -0.0906. The van der Waals surface area contributed by atoms with E-state index < -0.39 is 0 Å². The fraction of sp³-hybridized carbons (Fsp3) is 0.625. The predicted molar refractivity (Wildman–Crippen MR) is 84.1 cm³/mol. The van der Waals surface area contributed by atoms with Gasteiger partial charge in [-0.2, -0.15) is 0 Å². The zero-order valence-electron chi connectivity index (χ0n) is 14.6. The van der Waals surface area contributed by atoms with E-state index in [1.54, 1.807) is 23.2 Å². The SMILES string of the molecule is CC(C)N(C(=O)Oc1cccnc1C[N+](C)(C)C)C(C)C.[Br-]. The van der Waals surface area contributed by atoms with Crippen LogP contribution in [0.25, 0.3) is 0 Å². The molecule has 1 rings (SSSR count). The molecule has 0 unspecified atom stereocenters. The van der Waals surface area contributed by atoms with E-state index >= 15 is 0 Å². The van der Waals surface area contributed by atoms with E-state index in [1.807, 2.05) is 27.7 Å². The van der Waals surface area contributed by atoms with Crippen molar-refractivity contribution in [2.45, 2.75) is 46.3 Å². The summed E-state index contributed by atoms with van der Waals surface area (Å²) < 4.78 is 6.31. The van der Waals surface area contributed by atoms with Crippen LogP contribution in [-0.4, -0.2) is 53.7 Å². The number of hydrogen-bond acceptors (Lipinski definition) is 3. The molecule has 0 aliphatic heterocycles. The minimum atomic E-state index is -0.323. The summed E-state index contributed by atoms with van der Waals surface area (Å²) in [6, 6.07) is 3.78. The quantitative estimate of drug-likeness (QED) is 0.677. The molecule has 0 aromatic carbocycles. The second kappa shape index (κ2) is 8.48. The molecule has 1 aromatic heterocycles. The van der Waals surface area contributed by atoms with Crippen molar-refractivity contribution in [3.8, 4) is 5.75 Å². The van der Waals surface area contributed by atoms with E-state index in [0.29, 0.717) is 12.3 Å². The molecule has 0 radical (unpaired) electrons. The molecule has 0 bridgehead atoms. The molecule has 0 saturated heterocycles. The first-order valence-electron chi connectivity index (χ1n) is 7.36. The van der Waals surface area contributed by atoms with Gasteiger partial charge in [-0.3, -0.25) is 4.98 Å². The van der Waals surface area contributed by atoms with Gasteiger partial charge < -0.3 is 31.1 Å². The molecule has 0 aliphatic rings. The Morgan fingerprint density at radius 2 is 1.77 bits per heavy atom. The van der Waals surface area contributed by atoms with E-state index in [4.69, 9.17) is 4.74 Å². The van der Waals surface area contributed by atoms with Crippen LogP contribution in [0.3, 0.4) is 0 Å². The highest BCUT2D eigenvalue weighted by Crippen LogP contribution is 2.20. The van der Waals surface area contributed by atoms with Crippen molar-refractivity contribution < 1.29 is 31.0 Å². The summed E-state index contributed by atoms with van der Waals surface area (Å²) in [5, 5.41) is 0. The van der Waals surface area contributed by atoms with Crippen molar-refractivity contribution in [2.75, 3.05) is 21.1 Å². The van der Waals surface area contributed by atoms with Gasteiger partial charge in [0.2, 0.25) is 0 Å². The smallest absolute Gasteiger partial charge is 0.415 e. The lowest BCUT2D eigenvalue weighted by Crippen LogP contribution is -3.00. The lowest BCUT2D eigenvalue weighted by Gasteiger charge is -2.30. The summed E-state index contributed by atoms with van der Waals surface area (Å²) in [7, 11) is 6.23. The minimum absolute atomic E-state index is 0. The summed E-state index contributed by atoms with van der Waals surface area (Å²) in [6.45, 7) is 8.64. The molecule has 126 valence electrons. The molecule has 1 aromatic rings. The highest BCUT2D eigenvalue weighted by molar-refractivity contribution is 5.71. The van der Waals surface area contributed by atoms with Gasteiger partial charge in [-0.1, -0.05) is 0 Å². The number of amides is 1. The normalized spacial score (nSPS) is 11.3. The van der Waals surface area contributed by atoms with Crippen molar-refractivity contribution in [3.05, 3.63) is 24.0 Å². The van der Waals surface area contributed by atoms with E-state index in [0.717, 1.165) is 10.2 Å². The van der Waals surface area contributed by atoms with Gasteiger partial charge in [0, 0.05) is 18.3 Å². The monoisotopic (exact) mass is 373 g/mol. The van der Waals surface area contributed by atoms with E-state index in [-0.39, 0.29) is 35.2 Å². The summed E-state index contributed by atoms with van der Waals surface area (Å²) >= 11 is 0. The average Bonchev–Trinajstić information content (AvgIpc) is 2.28. The maximum Gasteiger partial charge on any atom is 0.415 e. The number of rotatable bonds is 5. The second-order valence-corrected chi connectivity index (χ2v) is 6.86. The minimum Gasteiger partial charge on any atom is -1.00 e. The van der Waals surface area contributed by atoms with Crippen LogP contribution in [-0.2, 0) is 6.54 Å². The fourth-order valence-electron chi connectivity index (χ4n) is 2.25. The van der Waals surface area contributed by atoms with E-state index in [1.165, 1.54) is 0 Å². The first-order chi connectivity index (χ1) is 9.61. The van der Waals surface area contributed by atoms with Gasteiger partial charge in [-0.05, 0) is 39.8 Å². The van der Waals surface area contributed by atoms with Crippen LogP contribution >= 0.6 is 0 Å². The Hall–Kier alpha value is -1.14. The Morgan fingerprint density at radius 3 is 2.23 bits per heavy atom. The van der Waals surface area contributed by atoms with Gasteiger partial charge in [0.25, 0.3) is 0 Å². The van der Waals surface area contributed by atoms with Gasteiger partial charge in [0.05, 0.1) is 21.1 Å². The highest BCUT2D eigenvalue weighted by Gasteiger charge is 2.24. The first-order valence-corrected chi connectivity index (χ1v) is 7.36. The molecule has 1 heterocycles. The van der Waals surface area contributed by atoms with Crippen LogP contribution < -0.4 is 21.7 Å². The third kappa shape index (κ3) is 6.32. The van der Waals surface area contributed by atoms with Gasteiger partial charge in [-0.15, -0.1) is 0 Å². The zero-order valence-corrected chi connectivity index (χ0v) is 16.2. The number of aromatic nitrogens is 1. The average molecular weight is 374 g/mol. The molecule has 22 heavy (non-hydrogen) atoms. The summed E-state index contributed by atoms with van der Waals surface area (Å²) in [5.41, 5.74) is 0.797. The summed E-state index contributed by atoms with van der Waals surface area (Å²) in [6.07, 6.45) is 1.40. The highest BCUT2D eigenvalue weighted by atomic mass is 79.9. The Labute approximate surface area is 144 Å². The molecule has 0 spiro atoms. The van der Waals surface area contributed by atoms with Crippen molar-refractivity contribution >= 4 is 6.09 Å². The number of ether oxygens (including phenoxy) is 1. The molecule has 0 aliphatic carbocycles. The Kier molecular flexibility index (Phi) is 8.04. The zero-order chi connectivity index (χ0) is 16.2. The van der Waals surface area contributed by atoms with Crippen LogP contribution in [0, 0.1) is 0 Å². The number of carbonyl (C=O) groups excluding carboxylic acids is 1. The van der Waals surface area contributed by atoms with Gasteiger partial charge >= 0.3 is 6.09 Å². The van der Waals surface area contributed by atoms with Crippen LogP contribution in [0.5, 0.6) is 5.75 Å². The number of halogens is 1. The van der Waals surface area contributed by atoms with Gasteiger partial charge in [-0.25, -0.2) is 4.79 Å². The fourth-order valence-corrected chi connectivity index (χ4v) is 2.25. The van der Waals surface area contributed by atoms with Crippen molar-refractivity contribution in [1.29, 1.82) is 0 Å². The molecule has 1 amide bonds. The third-order valence-electron chi connectivity index (χ3n) is 2.99. The second-order valence-electron chi connectivity index (χ2n) is 6.86. The molecule has 0 saturated carbocycles. The Balaban J connectivity index is 0.00000441. The van der Waals surface area contributed by atoms with E-state index in [9.17, 15) is 4.79 Å². The first kappa shape index (κ1) is 20.9. The van der Waals surface area contributed by atoms with Crippen molar-refractivity contribution in [3.63, 3.8) is 0 Å². The maximum absolute atomic E-state index is 12.4. The van der Waals surface area contributed by atoms with Crippen molar-refractivity contribution in [2.24, 2.45) is 0 Å². The van der Waals surface area contributed by atoms with Crippen LogP contribution in [0.15, 0.2) is 18.3 Å². The third-order valence-corrected chi connectivity index (χ3v) is 2.99.